The van der Waals surface area contributed by atoms with Gasteiger partial charge in [0.1, 0.15) is 5.69 Å². The summed E-state index contributed by atoms with van der Waals surface area (Å²) in [6.07, 6.45) is 1.57. The fourth-order valence-electron chi connectivity index (χ4n) is 3.03. The Bertz CT molecular complexity index is 1270. The fourth-order valence-corrected chi connectivity index (χ4v) is 3.97. The number of aryl methyl sites for hydroxylation is 1. The summed E-state index contributed by atoms with van der Waals surface area (Å²) < 4.78 is 2.57. The Morgan fingerprint density at radius 3 is 2.70 bits per heavy atom. The summed E-state index contributed by atoms with van der Waals surface area (Å²) in [5.41, 5.74) is 5.72. The summed E-state index contributed by atoms with van der Waals surface area (Å²) in [5.74, 6) is -0.508. The van der Waals surface area contributed by atoms with Gasteiger partial charge in [0.15, 0.2) is 0 Å². The van der Waals surface area contributed by atoms with E-state index in [9.17, 15) is 9.59 Å². The number of anilines is 1. The highest BCUT2D eigenvalue weighted by Crippen LogP contribution is 2.25. The summed E-state index contributed by atoms with van der Waals surface area (Å²) >= 11 is 1.52. The lowest BCUT2D eigenvalue weighted by molar-refractivity contribution is 0.0956. The number of benzene rings is 2. The van der Waals surface area contributed by atoms with E-state index >= 15 is 0 Å². The lowest BCUT2D eigenvalue weighted by Gasteiger charge is -2.08. The van der Waals surface area contributed by atoms with Gasteiger partial charge in [-0.3, -0.25) is 14.3 Å². The van der Waals surface area contributed by atoms with Gasteiger partial charge in [-0.15, -0.1) is 11.3 Å². The molecule has 0 radical (unpaired) electrons. The molecule has 150 valence electrons. The molecule has 30 heavy (non-hydrogen) atoms. The van der Waals surface area contributed by atoms with Crippen LogP contribution < -0.4 is 10.7 Å². The molecule has 8 heteroatoms. The zero-order valence-corrected chi connectivity index (χ0v) is 17.2. The zero-order chi connectivity index (χ0) is 21.1. The molecule has 2 heterocycles. The van der Waals surface area contributed by atoms with Crippen LogP contribution in [0.25, 0.3) is 10.1 Å². The molecule has 0 bridgehead atoms. The molecule has 0 aliphatic carbocycles. The first-order valence-corrected chi connectivity index (χ1v) is 10.1. The van der Waals surface area contributed by atoms with Crippen molar-refractivity contribution in [1.82, 2.24) is 15.2 Å². The van der Waals surface area contributed by atoms with Gasteiger partial charge in [-0.25, -0.2) is 5.43 Å². The minimum atomic E-state index is -0.257. The van der Waals surface area contributed by atoms with Crippen molar-refractivity contribution in [3.8, 4) is 0 Å². The molecule has 2 aromatic carbocycles. The summed E-state index contributed by atoms with van der Waals surface area (Å²) in [6.45, 7) is 1.80. The van der Waals surface area contributed by atoms with Gasteiger partial charge in [0.25, 0.3) is 11.8 Å². The van der Waals surface area contributed by atoms with Gasteiger partial charge < -0.3 is 5.32 Å². The zero-order valence-electron chi connectivity index (χ0n) is 16.4. The van der Waals surface area contributed by atoms with Gasteiger partial charge in [0.05, 0.1) is 11.3 Å². The molecule has 0 aliphatic rings. The number of rotatable bonds is 5. The third-order valence-electron chi connectivity index (χ3n) is 4.64. The largest absolute Gasteiger partial charge is 0.321 e. The van der Waals surface area contributed by atoms with Gasteiger partial charge >= 0.3 is 0 Å². The van der Waals surface area contributed by atoms with Crippen molar-refractivity contribution in [2.75, 3.05) is 5.32 Å². The van der Waals surface area contributed by atoms with Crippen molar-refractivity contribution < 1.29 is 9.59 Å². The monoisotopic (exact) mass is 417 g/mol. The number of carbonyl (C=O) groups is 2. The van der Waals surface area contributed by atoms with Crippen molar-refractivity contribution in [2.24, 2.45) is 12.1 Å². The number of nitrogens with zero attached hydrogens (tertiary/aromatic N) is 3. The number of carbonyl (C=O) groups excluding carboxylic acids is 2. The predicted molar refractivity (Wildman–Crippen MR) is 119 cm³/mol. The van der Waals surface area contributed by atoms with Crippen LogP contribution in [0.5, 0.6) is 0 Å². The minimum Gasteiger partial charge on any atom is -0.321 e. The highest BCUT2D eigenvalue weighted by Gasteiger charge is 2.12. The number of hydrazone groups is 1. The summed E-state index contributed by atoms with van der Waals surface area (Å²) in [5, 5.41) is 13.8. The molecule has 2 N–H and O–H groups in total. The molecule has 7 nitrogen and oxygen atoms in total. The number of aromatic nitrogens is 2. The molecule has 0 saturated carbocycles. The van der Waals surface area contributed by atoms with Crippen molar-refractivity contribution in [2.45, 2.75) is 6.92 Å². The number of thiophene rings is 1. The first kappa shape index (κ1) is 19.5. The molecule has 4 aromatic rings. The van der Waals surface area contributed by atoms with Crippen LogP contribution in [0.15, 0.2) is 71.3 Å². The maximum atomic E-state index is 12.6. The van der Waals surface area contributed by atoms with E-state index in [1.807, 2.05) is 41.8 Å². The summed E-state index contributed by atoms with van der Waals surface area (Å²) in [4.78, 5) is 24.9. The topological polar surface area (TPSA) is 88.4 Å². The second-order valence-corrected chi connectivity index (χ2v) is 7.57. The van der Waals surface area contributed by atoms with E-state index in [0.717, 1.165) is 15.6 Å². The Morgan fingerprint density at radius 2 is 1.90 bits per heavy atom. The Labute approximate surface area is 177 Å². The highest BCUT2D eigenvalue weighted by molar-refractivity contribution is 7.17. The van der Waals surface area contributed by atoms with E-state index in [1.54, 1.807) is 38.4 Å². The Morgan fingerprint density at radius 1 is 1.07 bits per heavy atom. The highest BCUT2D eigenvalue weighted by atomic mass is 32.1. The van der Waals surface area contributed by atoms with Crippen molar-refractivity contribution in [1.29, 1.82) is 0 Å². The average molecular weight is 417 g/mol. The Balaban J connectivity index is 1.48. The van der Waals surface area contributed by atoms with Gasteiger partial charge in [0, 0.05) is 34.4 Å². The van der Waals surface area contributed by atoms with Crippen LogP contribution in [0.1, 0.15) is 33.3 Å². The van der Waals surface area contributed by atoms with Crippen molar-refractivity contribution in [3.05, 3.63) is 83.0 Å². The lowest BCUT2D eigenvalue weighted by Crippen LogP contribution is -2.19. The summed E-state index contributed by atoms with van der Waals surface area (Å²) in [6, 6.07) is 16.7. The Hall–Kier alpha value is -3.78. The standard InChI is InChI=1S/C22H19N5O2S/c1-14(25-26-21(28)18-13-30-20-9-4-3-8-17(18)20)15-6-5-7-16(12-15)24-22(29)19-10-11-23-27(19)2/h3-13H,1-2H3,(H,24,29)(H,26,28)/b25-14-. The first-order valence-electron chi connectivity index (χ1n) is 9.23. The fraction of sp³-hybridized carbons (Fsp3) is 0.0909. The van der Waals surface area contributed by atoms with Crippen LogP contribution in [-0.4, -0.2) is 27.3 Å². The van der Waals surface area contributed by atoms with Gasteiger partial charge in [0.2, 0.25) is 0 Å². The second kappa shape index (κ2) is 8.30. The summed E-state index contributed by atoms with van der Waals surface area (Å²) in [7, 11) is 1.71. The van der Waals surface area contributed by atoms with Gasteiger partial charge in [-0.1, -0.05) is 30.3 Å². The first-order chi connectivity index (χ1) is 14.5. The number of amides is 2. The molecule has 0 aliphatic heterocycles. The molecule has 0 fully saturated rings. The molecule has 2 aromatic heterocycles. The number of hydrogen-bond donors (Lipinski definition) is 2. The average Bonchev–Trinajstić information content (AvgIpc) is 3.38. The maximum Gasteiger partial charge on any atom is 0.273 e. The van der Waals surface area contributed by atoms with E-state index in [2.05, 4.69) is 20.9 Å². The molecule has 0 unspecified atom stereocenters. The van der Waals surface area contributed by atoms with E-state index in [-0.39, 0.29) is 11.8 Å². The third kappa shape index (κ3) is 3.99. The van der Waals surface area contributed by atoms with E-state index < -0.39 is 0 Å². The van der Waals surface area contributed by atoms with Crippen LogP contribution in [0.3, 0.4) is 0 Å². The number of nitrogens with one attached hydrogen (secondary N) is 2. The van der Waals surface area contributed by atoms with Crippen LogP contribution in [0, 0.1) is 0 Å². The molecule has 0 spiro atoms. The van der Waals surface area contributed by atoms with Crippen molar-refractivity contribution >= 4 is 44.6 Å². The van der Waals surface area contributed by atoms with Gasteiger partial charge in [-0.2, -0.15) is 10.2 Å². The molecular formula is C22H19N5O2S. The minimum absolute atomic E-state index is 0.251. The van der Waals surface area contributed by atoms with Crippen LogP contribution >= 0.6 is 11.3 Å². The maximum absolute atomic E-state index is 12.6. The van der Waals surface area contributed by atoms with E-state index in [4.69, 9.17) is 0 Å². The van der Waals surface area contributed by atoms with E-state index in [1.165, 1.54) is 16.0 Å². The normalized spacial score (nSPS) is 11.5. The Kier molecular flexibility index (Phi) is 5.40. The second-order valence-electron chi connectivity index (χ2n) is 6.66. The molecule has 2 amide bonds. The third-order valence-corrected chi connectivity index (χ3v) is 5.61. The van der Waals surface area contributed by atoms with Crippen LogP contribution in [0.2, 0.25) is 0 Å². The molecule has 4 rings (SSSR count). The number of hydrogen-bond acceptors (Lipinski definition) is 5. The molecule has 0 saturated heterocycles. The van der Waals surface area contributed by atoms with Gasteiger partial charge in [-0.05, 0) is 36.8 Å². The number of fused-ring (bicyclic) bond motifs is 1. The smallest absolute Gasteiger partial charge is 0.273 e. The SMILES string of the molecule is C/C(=N/NC(=O)c1csc2ccccc12)c1cccc(NC(=O)c2ccnn2C)c1. The lowest BCUT2D eigenvalue weighted by atomic mass is 10.1. The molecular weight excluding hydrogens is 398 g/mol. The quantitative estimate of drug-likeness (QED) is 0.379. The van der Waals surface area contributed by atoms with E-state index in [0.29, 0.717) is 22.7 Å². The van der Waals surface area contributed by atoms with Crippen molar-refractivity contribution in [3.63, 3.8) is 0 Å². The van der Waals surface area contributed by atoms with Crippen LogP contribution in [0.4, 0.5) is 5.69 Å². The molecule has 0 atom stereocenters. The van der Waals surface area contributed by atoms with Crippen LogP contribution in [-0.2, 0) is 7.05 Å². The predicted octanol–water partition coefficient (Wildman–Crippen LogP) is 4.04.